The van der Waals surface area contributed by atoms with Crippen LogP contribution in [0.5, 0.6) is 0 Å². The van der Waals surface area contributed by atoms with Crippen LogP contribution in [0, 0.1) is 11.3 Å². The van der Waals surface area contributed by atoms with Gasteiger partial charge in [0.1, 0.15) is 0 Å². The lowest BCUT2D eigenvalue weighted by atomic mass is 9.73. The molecule has 0 saturated carbocycles. The van der Waals surface area contributed by atoms with Gasteiger partial charge in [0, 0.05) is 13.1 Å². The van der Waals surface area contributed by atoms with Gasteiger partial charge >= 0.3 is 0 Å². The second-order valence-electron chi connectivity index (χ2n) is 5.14. The van der Waals surface area contributed by atoms with Crippen LogP contribution in [0.25, 0.3) is 0 Å². The van der Waals surface area contributed by atoms with Gasteiger partial charge in [-0.05, 0) is 24.2 Å². The van der Waals surface area contributed by atoms with Gasteiger partial charge in [-0.1, -0.05) is 40.0 Å². The highest BCUT2D eigenvalue weighted by molar-refractivity contribution is 4.91. The Hall–Kier alpha value is -0.0400. The van der Waals surface area contributed by atoms with E-state index in [0.717, 1.165) is 5.92 Å². The molecule has 1 aliphatic rings. The van der Waals surface area contributed by atoms with E-state index < -0.39 is 0 Å². The number of hydrogen-bond donors (Lipinski definition) is 1. The van der Waals surface area contributed by atoms with Crippen molar-refractivity contribution in [1.82, 2.24) is 5.32 Å². The molecule has 78 valence electrons. The van der Waals surface area contributed by atoms with Crippen molar-refractivity contribution in [1.29, 1.82) is 0 Å². The van der Waals surface area contributed by atoms with E-state index >= 15 is 0 Å². The lowest BCUT2D eigenvalue weighted by molar-refractivity contribution is 0.130. The van der Waals surface area contributed by atoms with Gasteiger partial charge < -0.3 is 5.32 Å². The molecule has 1 rings (SSSR count). The minimum Gasteiger partial charge on any atom is -0.316 e. The highest BCUT2D eigenvalue weighted by atomic mass is 15.0. The molecule has 0 aliphatic carbocycles. The molecule has 0 aromatic carbocycles. The molecule has 0 aromatic heterocycles. The molecular formula is C12H25N. The van der Waals surface area contributed by atoms with Gasteiger partial charge in [0.25, 0.3) is 0 Å². The van der Waals surface area contributed by atoms with Gasteiger partial charge in [0.15, 0.2) is 0 Å². The van der Waals surface area contributed by atoms with E-state index in [0.29, 0.717) is 5.41 Å². The molecule has 0 bridgehead atoms. The Labute approximate surface area is 83.3 Å². The first-order valence-corrected chi connectivity index (χ1v) is 5.89. The first kappa shape index (κ1) is 11.0. The van der Waals surface area contributed by atoms with Crippen LogP contribution in [0.15, 0.2) is 0 Å². The van der Waals surface area contributed by atoms with Crippen molar-refractivity contribution in [3.8, 4) is 0 Å². The topological polar surface area (TPSA) is 12.0 Å². The standard InChI is InChI=1S/C12H25N/c1-4-7-12(9-13-10-12)8-5-6-11(2)3/h11,13H,4-10H2,1-3H3. The largest absolute Gasteiger partial charge is 0.316 e. The third-order valence-corrected chi connectivity index (χ3v) is 3.27. The maximum Gasteiger partial charge on any atom is 0.00202 e. The first-order chi connectivity index (χ1) is 6.18. The predicted molar refractivity (Wildman–Crippen MR) is 58.9 cm³/mol. The van der Waals surface area contributed by atoms with Gasteiger partial charge in [0.05, 0.1) is 0 Å². The second kappa shape index (κ2) is 4.99. The summed E-state index contributed by atoms with van der Waals surface area (Å²) in [4.78, 5) is 0. The zero-order valence-corrected chi connectivity index (χ0v) is 9.53. The normalized spacial score (nSPS) is 20.3. The Morgan fingerprint density at radius 1 is 1.23 bits per heavy atom. The molecule has 0 atom stereocenters. The van der Waals surface area contributed by atoms with Crippen LogP contribution in [-0.2, 0) is 0 Å². The maximum absolute atomic E-state index is 3.42. The Kier molecular flexibility index (Phi) is 4.24. The third-order valence-electron chi connectivity index (χ3n) is 3.27. The van der Waals surface area contributed by atoms with E-state index in [4.69, 9.17) is 0 Å². The van der Waals surface area contributed by atoms with E-state index in [2.05, 4.69) is 26.1 Å². The van der Waals surface area contributed by atoms with Crippen molar-refractivity contribution >= 4 is 0 Å². The Morgan fingerprint density at radius 3 is 2.31 bits per heavy atom. The molecular weight excluding hydrogens is 158 g/mol. The van der Waals surface area contributed by atoms with E-state index in [9.17, 15) is 0 Å². The second-order valence-corrected chi connectivity index (χ2v) is 5.14. The fourth-order valence-electron chi connectivity index (χ4n) is 2.37. The molecule has 1 N–H and O–H groups in total. The number of rotatable bonds is 6. The summed E-state index contributed by atoms with van der Waals surface area (Å²) >= 11 is 0. The third kappa shape index (κ3) is 3.30. The van der Waals surface area contributed by atoms with Crippen molar-refractivity contribution in [3.63, 3.8) is 0 Å². The Balaban J connectivity index is 2.16. The van der Waals surface area contributed by atoms with Crippen LogP contribution in [0.1, 0.15) is 52.9 Å². The quantitative estimate of drug-likeness (QED) is 0.667. The van der Waals surface area contributed by atoms with Crippen molar-refractivity contribution in [2.75, 3.05) is 13.1 Å². The van der Waals surface area contributed by atoms with Crippen molar-refractivity contribution in [3.05, 3.63) is 0 Å². The first-order valence-electron chi connectivity index (χ1n) is 5.89. The Bertz CT molecular complexity index is 136. The lowest BCUT2D eigenvalue weighted by Crippen LogP contribution is -2.53. The lowest BCUT2D eigenvalue weighted by Gasteiger charge is -2.43. The Morgan fingerprint density at radius 2 is 1.92 bits per heavy atom. The van der Waals surface area contributed by atoms with E-state index in [1.807, 2.05) is 0 Å². The van der Waals surface area contributed by atoms with E-state index in [1.54, 1.807) is 0 Å². The fourth-order valence-corrected chi connectivity index (χ4v) is 2.37. The van der Waals surface area contributed by atoms with E-state index in [-0.39, 0.29) is 0 Å². The predicted octanol–water partition coefficient (Wildman–Crippen LogP) is 3.20. The van der Waals surface area contributed by atoms with Gasteiger partial charge in [0.2, 0.25) is 0 Å². The molecule has 0 spiro atoms. The van der Waals surface area contributed by atoms with Crippen molar-refractivity contribution in [2.24, 2.45) is 11.3 Å². The van der Waals surface area contributed by atoms with Crippen LogP contribution >= 0.6 is 0 Å². The SMILES string of the molecule is CCCC1(CCCC(C)C)CNC1. The van der Waals surface area contributed by atoms with Crippen LogP contribution in [-0.4, -0.2) is 13.1 Å². The van der Waals surface area contributed by atoms with Gasteiger partial charge in [-0.15, -0.1) is 0 Å². The maximum atomic E-state index is 3.42. The van der Waals surface area contributed by atoms with Gasteiger partial charge in [-0.2, -0.15) is 0 Å². The fraction of sp³-hybridized carbons (Fsp3) is 1.00. The summed E-state index contributed by atoms with van der Waals surface area (Å²) in [6, 6.07) is 0. The number of nitrogens with one attached hydrogen (secondary N) is 1. The van der Waals surface area contributed by atoms with Crippen molar-refractivity contribution < 1.29 is 0 Å². The molecule has 1 heteroatoms. The molecule has 0 radical (unpaired) electrons. The highest BCUT2D eigenvalue weighted by Gasteiger charge is 2.34. The molecule has 0 aromatic rings. The summed E-state index contributed by atoms with van der Waals surface area (Å²) < 4.78 is 0. The molecule has 1 nitrogen and oxygen atoms in total. The molecule has 1 heterocycles. The van der Waals surface area contributed by atoms with Crippen LogP contribution in [0.2, 0.25) is 0 Å². The average Bonchev–Trinajstić information content (AvgIpc) is 1.99. The van der Waals surface area contributed by atoms with Crippen molar-refractivity contribution in [2.45, 2.75) is 52.9 Å². The van der Waals surface area contributed by atoms with Crippen LogP contribution in [0.4, 0.5) is 0 Å². The molecule has 0 amide bonds. The molecule has 13 heavy (non-hydrogen) atoms. The molecule has 0 unspecified atom stereocenters. The summed E-state index contributed by atoms with van der Waals surface area (Å²) in [6.07, 6.45) is 7.07. The highest BCUT2D eigenvalue weighted by Crippen LogP contribution is 2.34. The van der Waals surface area contributed by atoms with E-state index in [1.165, 1.54) is 45.2 Å². The average molecular weight is 183 g/mol. The summed E-state index contributed by atoms with van der Waals surface area (Å²) in [6.45, 7) is 9.51. The summed E-state index contributed by atoms with van der Waals surface area (Å²) in [5.41, 5.74) is 0.698. The minimum atomic E-state index is 0.698. The minimum absolute atomic E-state index is 0.698. The molecule has 1 saturated heterocycles. The molecule has 1 aliphatic heterocycles. The smallest absolute Gasteiger partial charge is 0.00202 e. The van der Waals surface area contributed by atoms with Crippen LogP contribution in [0.3, 0.4) is 0 Å². The summed E-state index contributed by atoms with van der Waals surface area (Å²) in [5, 5.41) is 3.42. The monoisotopic (exact) mass is 183 g/mol. The number of hydrogen-bond acceptors (Lipinski definition) is 1. The zero-order valence-electron chi connectivity index (χ0n) is 9.53. The van der Waals surface area contributed by atoms with Crippen LogP contribution < -0.4 is 5.32 Å². The van der Waals surface area contributed by atoms with Gasteiger partial charge in [-0.25, -0.2) is 0 Å². The zero-order chi connectivity index (χ0) is 9.73. The summed E-state index contributed by atoms with van der Waals surface area (Å²) in [5.74, 6) is 0.881. The van der Waals surface area contributed by atoms with Gasteiger partial charge in [-0.3, -0.25) is 0 Å². The summed E-state index contributed by atoms with van der Waals surface area (Å²) in [7, 11) is 0. The molecule has 1 fully saturated rings.